The molecule has 0 saturated carbocycles. The Kier molecular flexibility index (Phi) is 6.10. The van der Waals surface area contributed by atoms with Gasteiger partial charge >= 0.3 is 12.5 Å². The molecule has 0 amide bonds. The van der Waals surface area contributed by atoms with Gasteiger partial charge in [0, 0.05) is 19.1 Å². The number of benzene rings is 1. The molecule has 22 heavy (non-hydrogen) atoms. The van der Waals surface area contributed by atoms with Crippen LogP contribution in [0.2, 0.25) is 0 Å². The Bertz CT molecular complexity index is 452. The molecule has 2 nitrogen and oxygen atoms in total. The summed E-state index contributed by atoms with van der Waals surface area (Å²) in [7, 11) is 0. The Labute approximate surface area is 124 Å². The van der Waals surface area contributed by atoms with Gasteiger partial charge in [-0.3, -0.25) is 4.90 Å². The SMILES string of the molecule is CC(C)N(CCC(F)(F)F)Cc1ccc(OC(F)(F)F)cc1. The molecule has 0 aromatic heterocycles. The molecule has 0 spiro atoms. The fourth-order valence-corrected chi connectivity index (χ4v) is 1.82. The van der Waals surface area contributed by atoms with Crippen LogP contribution in [-0.4, -0.2) is 30.0 Å². The smallest absolute Gasteiger partial charge is 0.406 e. The quantitative estimate of drug-likeness (QED) is 0.699. The summed E-state index contributed by atoms with van der Waals surface area (Å²) in [5.74, 6) is -0.359. The van der Waals surface area contributed by atoms with Crippen molar-refractivity contribution in [3.8, 4) is 5.75 Å². The highest BCUT2D eigenvalue weighted by Gasteiger charge is 2.31. The van der Waals surface area contributed by atoms with Crippen molar-refractivity contribution in [1.82, 2.24) is 4.90 Å². The molecule has 8 heteroatoms. The van der Waals surface area contributed by atoms with Gasteiger partial charge in [-0.2, -0.15) is 13.2 Å². The molecule has 1 aromatic rings. The van der Waals surface area contributed by atoms with Crippen molar-refractivity contribution in [1.29, 1.82) is 0 Å². The molecule has 126 valence electrons. The lowest BCUT2D eigenvalue weighted by atomic mass is 10.1. The van der Waals surface area contributed by atoms with Gasteiger partial charge in [0.05, 0.1) is 6.42 Å². The van der Waals surface area contributed by atoms with Gasteiger partial charge in [0.25, 0.3) is 0 Å². The molecule has 0 fully saturated rings. The second-order valence-corrected chi connectivity index (χ2v) is 5.12. The zero-order chi connectivity index (χ0) is 17.0. The average Bonchev–Trinajstić information content (AvgIpc) is 2.33. The summed E-state index contributed by atoms with van der Waals surface area (Å²) < 4.78 is 76.7. The summed E-state index contributed by atoms with van der Waals surface area (Å²) in [6.07, 6.45) is -9.93. The maximum atomic E-state index is 12.3. The molecule has 0 radical (unpaired) electrons. The lowest BCUT2D eigenvalue weighted by Crippen LogP contribution is -2.33. The lowest BCUT2D eigenvalue weighted by Gasteiger charge is -2.27. The molecular weight excluding hydrogens is 312 g/mol. The van der Waals surface area contributed by atoms with Gasteiger partial charge in [0.1, 0.15) is 5.75 Å². The van der Waals surface area contributed by atoms with Crippen LogP contribution in [0.4, 0.5) is 26.3 Å². The van der Waals surface area contributed by atoms with E-state index in [-0.39, 0.29) is 24.9 Å². The van der Waals surface area contributed by atoms with E-state index < -0.39 is 19.0 Å². The summed E-state index contributed by atoms with van der Waals surface area (Å²) in [4.78, 5) is 1.60. The molecule has 0 aliphatic rings. The Morgan fingerprint density at radius 3 is 1.95 bits per heavy atom. The molecule has 1 aromatic carbocycles. The average molecular weight is 329 g/mol. The lowest BCUT2D eigenvalue weighted by molar-refractivity contribution is -0.274. The highest BCUT2D eigenvalue weighted by atomic mass is 19.4. The molecule has 0 aliphatic heterocycles. The molecular formula is C14H17F6NO. The van der Waals surface area contributed by atoms with E-state index in [4.69, 9.17) is 0 Å². The number of alkyl halides is 6. The fourth-order valence-electron chi connectivity index (χ4n) is 1.82. The minimum Gasteiger partial charge on any atom is -0.406 e. The van der Waals surface area contributed by atoms with E-state index in [0.29, 0.717) is 5.56 Å². The Morgan fingerprint density at radius 2 is 1.55 bits per heavy atom. The topological polar surface area (TPSA) is 12.5 Å². The zero-order valence-electron chi connectivity index (χ0n) is 12.1. The minimum absolute atomic E-state index is 0.117. The molecule has 0 saturated heterocycles. The largest absolute Gasteiger partial charge is 0.573 e. The van der Waals surface area contributed by atoms with Crippen molar-refractivity contribution in [2.45, 2.75) is 45.4 Å². The minimum atomic E-state index is -4.77. The van der Waals surface area contributed by atoms with E-state index in [2.05, 4.69) is 4.74 Å². The molecule has 0 bridgehead atoms. The van der Waals surface area contributed by atoms with Crippen LogP contribution >= 0.6 is 0 Å². The van der Waals surface area contributed by atoms with Crippen molar-refractivity contribution in [2.24, 2.45) is 0 Å². The van der Waals surface area contributed by atoms with Crippen LogP contribution in [0.5, 0.6) is 5.75 Å². The predicted molar refractivity (Wildman–Crippen MR) is 69.3 cm³/mol. The van der Waals surface area contributed by atoms with E-state index in [1.807, 2.05) is 0 Å². The standard InChI is InChI=1S/C14H17F6NO/c1-10(2)21(8-7-13(15,16)17)9-11-3-5-12(6-4-11)22-14(18,19)20/h3-6,10H,7-9H2,1-2H3. The first kappa shape index (κ1) is 18.6. The number of halogens is 6. The van der Waals surface area contributed by atoms with Crippen LogP contribution in [0.15, 0.2) is 24.3 Å². The first-order chi connectivity index (χ1) is 9.96. The van der Waals surface area contributed by atoms with Gasteiger partial charge in [-0.05, 0) is 31.5 Å². The van der Waals surface area contributed by atoms with Crippen molar-refractivity contribution >= 4 is 0 Å². The summed E-state index contributed by atoms with van der Waals surface area (Å²) in [6.45, 7) is 3.58. The van der Waals surface area contributed by atoms with Crippen molar-refractivity contribution < 1.29 is 31.1 Å². The Morgan fingerprint density at radius 1 is 1.00 bits per heavy atom. The van der Waals surface area contributed by atoms with E-state index in [0.717, 1.165) is 12.1 Å². The Balaban J connectivity index is 2.66. The second kappa shape index (κ2) is 7.21. The van der Waals surface area contributed by atoms with Crippen LogP contribution in [0.25, 0.3) is 0 Å². The highest BCUT2D eigenvalue weighted by Crippen LogP contribution is 2.24. The third-order valence-electron chi connectivity index (χ3n) is 2.96. The van der Waals surface area contributed by atoms with E-state index >= 15 is 0 Å². The van der Waals surface area contributed by atoms with Crippen LogP contribution in [0.1, 0.15) is 25.8 Å². The van der Waals surface area contributed by atoms with Gasteiger partial charge in [0.15, 0.2) is 0 Å². The molecule has 0 heterocycles. The third kappa shape index (κ3) is 7.53. The second-order valence-electron chi connectivity index (χ2n) is 5.12. The molecule has 0 N–H and O–H groups in total. The number of nitrogens with zero attached hydrogens (tertiary/aromatic N) is 1. The summed E-state index contributed by atoms with van der Waals surface area (Å²) in [5, 5.41) is 0. The summed E-state index contributed by atoms with van der Waals surface area (Å²) in [6, 6.07) is 4.98. The van der Waals surface area contributed by atoms with Crippen LogP contribution in [0.3, 0.4) is 0 Å². The first-order valence-corrected chi connectivity index (χ1v) is 6.62. The zero-order valence-corrected chi connectivity index (χ0v) is 12.1. The van der Waals surface area contributed by atoms with Gasteiger partial charge < -0.3 is 4.74 Å². The van der Waals surface area contributed by atoms with Gasteiger partial charge in [-0.1, -0.05) is 12.1 Å². The van der Waals surface area contributed by atoms with Crippen LogP contribution in [-0.2, 0) is 6.54 Å². The van der Waals surface area contributed by atoms with Crippen molar-refractivity contribution in [2.75, 3.05) is 6.54 Å². The normalized spacial score (nSPS) is 13.0. The monoisotopic (exact) mass is 329 g/mol. The van der Waals surface area contributed by atoms with Gasteiger partial charge in [0.2, 0.25) is 0 Å². The number of hydrogen-bond acceptors (Lipinski definition) is 2. The maximum absolute atomic E-state index is 12.3. The van der Waals surface area contributed by atoms with Crippen molar-refractivity contribution in [3.05, 3.63) is 29.8 Å². The first-order valence-electron chi connectivity index (χ1n) is 6.62. The summed E-state index contributed by atoms with van der Waals surface area (Å²) in [5.41, 5.74) is 0.616. The number of hydrogen-bond donors (Lipinski definition) is 0. The summed E-state index contributed by atoms with van der Waals surface area (Å²) >= 11 is 0. The number of rotatable bonds is 6. The molecule has 0 aliphatic carbocycles. The molecule has 0 atom stereocenters. The van der Waals surface area contributed by atoms with E-state index in [9.17, 15) is 26.3 Å². The number of ether oxygens (including phenoxy) is 1. The third-order valence-corrected chi connectivity index (χ3v) is 2.96. The van der Waals surface area contributed by atoms with Crippen LogP contribution < -0.4 is 4.74 Å². The van der Waals surface area contributed by atoms with Gasteiger partial charge in [-0.25, -0.2) is 0 Å². The van der Waals surface area contributed by atoms with E-state index in [1.165, 1.54) is 12.1 Å². The Hall–Kier alpha value is -1.44. The predicted octanol–water partition coefficient (Wildman–Crippen LogP) is 4.75. The molecule has 1 rings (SSSR count). The van der Waals surface area contributed by atoms with Crippen molar-refractivity contribution in [3.63, 3.8) is 0 Å². The van der Waals surface area contributed by atoms with Gasteiger partial charge in [-0.15, -0.1) is 13.2 Å². The van der Waals surface area contributed by atoms with Crippen LogP contribution in [0, 0.1) is 0 Å². The highest BCUT2D eigenvalue weighted by molar-refractivity contribution is 5.27. The fraction of sp³-hybridized carbons (Fsp3) is 0.571. The molecule has 0 unspecified atom stereocenters. The van der Waals surface area contributed by atoms with E-state index in [1.54, 1.807) is 18.7 Å². The maximum Gasteiger partial charge on any atom is 0.573 e.